The van der Waals surface area contributed by atoms with Crippen molar-refractivity contribution < 1.29 is 24.9 Å². The van der Waals surface area contributed by atoms with Crippen molar-refractivity contribution in [3.8, 4) is 0 Å². The summed E-state index contributed by atoms with van der Waals surface area (Å²) in [4.78, 5) is 23.1. The van der Waals surface area contributed by atoms with E-state index in [0.717, 1.165) is 30.4 Å². The summed E-state index contributed by atoms with van der Waals surface area (Å²) in [7, 11) is 0. The van der Waals surface area contributed by atoms with Crippen molar-refractivity contribution in [1.82, 2.24) is 18.8 Å². The minimum absolute atomic E-state index is 0.184. The highest BCUT2D eigenvalue weighted by Crippen LogP contribution is 2.21. The molecule has 3 rings (SSSR count). The molecule has 0 amide bonds. The normalized spacial score (nSPS) is 24.4. The van der Waals surface area contributed by atoms with Crippen LogP contribution in [0.25, 0.3) is 11.2 Å². The Balaban J connectivity index is 2.05. The minimum Gasteiger partial charge on any atom is -0.394 e. The first-order chi connectivity index (χ1) is 13.9. The molecule has 2 aromatic heterocycles. The third-order valence-electron chi connectivity index (χ3n) is 5.07. The lowest BCUT2D eigenvalue weighted by Gasteiger charge is -2.18. The maximum Gasteiger partial charge on any atom is 0.284 e. The van der Waals surface area contributed by atoms with Crippen LogP contribution in [0.2, 0.25) is 0 Å². The summed E-state index contributed by atoms with van der Waals surface area (Å²) >= 11 is 5.56. The zero-order valence-electron chi connectivity index (χ0n) is 16.6. The van der Waals surface area contributed by atoms with Gasteiger partial charge in [-0.1, -0.05) is 26.7 Å². The fourth-order valence-electron chi connectivity index (χ4n) is 3.34. The molecule has 0 aliphatic carbocycles. The largest absolute Gasteiger partial charge is 0.394 e. The summed E-state index contributed by atoms with van der Waals surface area (Å²) < 4.78 is 10.3. The van der Waals surface area contributed by atoms with Crippen molar-refractivity contribution in [2.24, 2.45) is 0 Å². The lowest BCUT2D eigenvalue weighted by molar-refractivity contribution is -0.168. The Morgan fingerprint density at radius 1 is 1.17 bits per heavy atom. The van der Waals surface area contributed by atoms with E-state index in [1.54, 1.807) is 0 Å². The fraction of sp³-hybridized carbons (Fsp3) is 0.722. The van der Waals surface area contributed by atoms with Crippen molar-refractivity contribution in [2.75, 3.05) is 6.61 Å². The van der Waals surface area contributed by atoms with Gasteiger partial charge in [0.15, 0.2) is 15.9 Å². The number of aliphatic hydroxyl groups excluding tert-OH is 3. The lowest BCUT2D eigenvalue weighted by Crippen LogP contribution is -2.39. The van der Waals surface area contributed by atoms with Gasteiger partial charge in [0, 0.05) is 13.1 Å². The summed E-state index contributed by atoms with van der Waals surface area (Å²) in [6.07, 6.45) is -0.0433. The number of nitrogens with zero attached hydrogens (tertiary/aromatic N) is 4. The Bertz CT molecular complexity index is 954. The summed E-state index contributed by atoms with van der Waals surface area (Å²) in [5, 5.41) is 29.3. The first kappa shape index (κ1) is 21.9. The highest BCUT2D eigenvalue weighted by molar-refractivity contribution is 7.71. The average molecular weight is 429 g/mol. The van der Waals surface area contributed by atoms with Crippen LogP contribution in [-0.4, -0.2) is 65.4 Å². The Labute approximate surface area is 172 Å². The molecule has 1 fully saturated rings. The molecule has 11 heteroatoms. The van der Waals surface area contributed by atoms with Crippen molar-refractivity contribution in [3.05, 3.63) is 21.5 Å². The molecule has 3 heterocycles. The van der Waals surface area contributed by atoms with Crippen LogP contribution in [-0.2, 0) is 17.8 Å². The highest BCUT2D eigenvalue weighted by Gasteiger charge is 2.44. The van der Waals surface area contributed by atoms with Crippen LogP contribution in [0.15, 0.2) is 11.1 Å². The summed E-state index contributed by atoms with van der Waals surface area (Å²) in [5.74, 6) is 0. The summed E-state index contributed by atoms with van der Waals surface area (Å²) in [6, 6.07) is 0. The molecule has 162 valence electrons. The van der Waals surface area contributed by atoms with Crippen molar-refractivity contribution in [1.29, 1.82) is 0 Å². The molecule has 0 spiro atoms. The molecule has 29 heavy (non-hydrogen) atoms. The smallest absolute Gasteiger partial charge is 0.284 e. The van der Waals surface area contributed by atoms with Crippen LogP contribution in [0.4, 0.5) is 0 Å². The number of aryl methyl sites for hydroxylation is 1. The van der Waals surface area contributed by atoms with Crippen molar-refractivity contribution >= 4 is 23.4 Å². The second-order valence-electron chi connectivity index (χ2n) is 7.15. The lowest BCUT2D eigenvalue weighted by atomic mass is 10.1. The van der Waals surface area contributed by atoms with E-state index in [-0.39, 0.29) is 11.1 Å². The van der Waals surface area contributed by atoms with Gasteiger partial charge >= 0.3 is 0 Å². The second kappa shape index (κ2) is 9.35. The van der Waals surface area contributed by atoms with Crippen LogP contribution < -0.4 is 10.4 Å². The molecular formula is C18H28N4O6S. The van der Waals surface area contributed by atoms with Crippen LogP contribution >= 0.6 is 12.2 Å². The van der Waals surface area contributed by atoms with Gasteiger partial charge in [0.05, 0.1) is 6.61 Å². The Morgan fingerprint density at radius 3 is 2.41 bits per heavy atom. The molecule has 10 nitrogen and oxygen atoms in total. The van der Waals surface area contributed by atoms with Gasteiger partial charge in [-0.25, -0.2) is 4.98 Å². The summed E-state index contributed by atoms with van der Waals surface area (Å²) in [6.45, 7) is 4.73. The molecule has 1 aliphatic rings. The monoisotopic (exact) mass is 428 g/mol. The Hall–Kier alpha value is -1.79. The van der Waals surface area contributed by atoms with E-state index >= 15 is 0 Å². The molecule has 0 unspecified atom stereocenters. The van der Waals surface area contributed by atoms with E-state index in [2.05, 4.69) is 11.9 Å². The van der Waals surface area contributed by atoms with Gasteiger partial charge in [0.2, 0.25) is 0 Å². The minimum atomic E-state index is -1.38. The van der Waals surface area contributed by atoms with E-state index in [1.165, 1.54) is 10.9 Å². The van der Waals surface area contributed by atoms with Gasteiger partial charge in [0.1, 0.15) is 24.6 Å². The third-order valence-corrected chi connectivity index (χ3v) is 5.51. The Morgan fingerprint density at radius 2 is 1.83 bits per heavy atom. The maximum absolute atomic E-state index is 13.2. The number of rotatable bonds is 9. The number of fused-ring (bicyclic) bond motifs is 1. The van der Waals surface area contributed by atoms with Gasteiger partial charge in [-0.3, -0.25) is 9.36 Å². The quantitative estimate of drug-likeness (QED) is 0.484. The topological polar surface area (TPSA) is 124 Å². The molecule has 2 aromatic rings. The second-order valence-corrected chi connectivity index (χ2v) is 7.52. The average Bonchev–Trinajstić information content (AvgIpc) is 3.24. The molecule has 1 saturated heterocycles. The molecular weight excluding hydrogens is 400 g/mol. The molecule has 0 saturated carbocycles. The van der Waals surface area contributed by atoms with Crippen molar-refractivity contribution in [3.63, 3.8) is 0 Å². The molecule has 0 radical (unpaired) electrons. The maximum atomic E-state index is 13.2. The molecule has 1 aliphatic heterocycles. The molecule has 4 atom stereocenters. The zero-order valence-corrected chi connectivity index (χ0v) is 17.4. The number of hydrogen-bond donors (Lipinski definition) is 3. The van der Waals surface area contributed by atoms with E-state index in [9.17, 15) is 20.1 Å². The van der Waals surface area contributed by atoms with Crippen molar-refractivity contribution in [2.45, 2.75) is 77.2 Å². The van der Waals surface area contributed by atoms with Gasteiger partial charge in [0.25, 0.3) is 11.8 Å². The first-order valence-electron chi connectivity index (χ1n) is 9.94. The SMILES string of the molecule is CCCCn1c(=O)c2c(ncn2O[C@H]2O[C@H](CO)[C@@H](O)[C@H]2O)n(CCCC)c1=S. The molecule has 3 N–H and O–H groups in total. The van der Waals surface area contributed by atoms with Gasteiger partial charge in [-0.05, 0) is 25.1 Å². The van der Waals surface area contributed by atoms with Gasteiger partial charge in [-0.15, -0.1) is 0 Å². The Kier molecular flexibility index (Phi) is 7.06. The first-order valence-corrected chi connectivity index (χ1v) is 10.4. The van der Waals surface area contributed by atoms with Crippen LogP contribution in [0.1, 0.15) is 39.5 Å². The predicted octanol–water partition coefficient (Wildman–Crippen LogP) is 0.197. The number of aliphatic hydroxyl groups is 3. The van der Waals surface area contributed by atoms with E-state index < -0.39 is 31.2 Å². The number of aromatic nitrogens is 4. The third kappa shape index (κ3) is 4.10. The predicted molar refractivity (Wildman–Crippen MR) is 107 cm³/mol. The molecule has 0 aromatic carbocycles. The van der Waals surface area contributed by atoms with Gasteiger partial charge in [-0.2, -0.15) is 4.73 Å². The van der Waals surface area contributed by atoms with Crippen LogP contribution in [0.5, 0.6) is 0 Å². The molecule has 0 bridgehead atoms. The number of hydrogen-bond acceptors (Lipinski definition) is 8. The number of ether oxygens (including phenoxy) is 1. The summed E-state index contributed by atoms with van der Waals surface area (Å²) in [5.41, 5.74) is 0.243. The van der Waals surface area contributed by atoms with Crippen LogP contribution in [0.3, 0.4) is 0 Å². The van der Waals surface area contributed by atoms with Crippen LogP contribution in [0, 0.1) is 4.77 Å². The highest BCUT2D eigenvalue weighted by atomic mass is 32.1. The standard InChI is InChI=1S/C18H28N4O6S/c1-3-5-7-20-15-12(16(26)21(18(20)29)8-6-4-2)22(10-19-15)28-17-14(25)13(24)11(9-23)27-17/h10-11,13-14,17,23-25H,3-9H2,1-2H3/t11-,13-,14-,17-/m1/s1. The van der Waals surface area contributed by atoms with Gasteiger partial charge < -0.3 is 29.5 Å². The zero-order chi connectivity index (χ0) is 21.1. The van der Waals surface area contributed by atoms with E-state index in [4.69, 9.17) is 21.8 Å². The number of unbranched alkanes of at least 4 members (excludes halogenated alkanes) is 2. The number of imidazole rings is 1. The van der Waals surface area contributed by atoms with E-state index in [1.807, 2.05) is 11.5 Å². The fourth-order valence-corrected chi connectivity index (χ4v) is 3.69. The van der Waals surface area contributed by atoms with E-state index in [0.29, 0.717) is 23.5 Å².